The third-order valence-electron chi connectivity index (χ3n) is 3.67. The third kappa shape index (κ3) is 3.63. The van der Waals surface area contributed by atoms with Crippen molar-refractivity contribution < 1.29 is 5.11 Å². The molecule has 1 saturated heterocycles. The zero-order valence-electron chi connectivity index (χ0n) is 11.8. The SMILES string of the molecule is O[C@]1(CNCCc2nc(-c3cccnc3)n[nH]2)CCNC1. The van der Waals surface area contributed by atoms with E-state index in [0.29, 0.717) is 18.9 Å². The molecule has 4 N–H and O–H groups in total. The second kappa shape index (κ2) is 6.30. The van der Waals surface area contributed by atoms with Gasteiger partial charge in [-0.1, -0.05) is 0 Å². The Morgan fingerprint density at radius 1 is 1.43 bits per heavy atom. The van der Waals surface area contributed by atoms with Crippen LogP contribution in [-0.2, 0) is 6.42 Å². The fourth-order valence-electron chi connectivity index (χ4n) is 2.44. The molecule has 1 atom stereocenters. The van der Waals surface area contributed by atoms with E-state index in [1.54, 1.807) is 12.4 Å². The average Bonchev–Trinajstić information content (AvgIpc) is 3.14. The third-order valence-corrected chi connectivity index (χ3v) is 3.67. The molecule has 0 unspecified atom stereocenters. The van der Waals surface area contributed by atoms with Gasteiger partial charge in [-0.3, -0.25) is 10.1 Å². The molecule has 1 aliphatic rings. The molecular formula is C14H20N6O. The number of hydrogen-bond donors (Lipinski definition) is 4. The van der Waals surface area contributed by atoms with Gasteiger partial charge >= 0.3 is 0 Å². The van der Waals surface area contributed by atoms with Crippen LogP contribution in [0.25, 0.3) is 11.4 Å². The van der Waals surface area contributed by atoms with Gasteiger partial charge in [0.15, 0.2) is 5.82 Å². The van der Waals surface area contributed by atoms with Gasteiger partial charge in [0.1, 0.15) is 5.82 Å². The van der Waals surface area contributed by atoms with Crippen molar-refractivity contribution in [2.24, 2.45) is 0 Å². The van der Waals surface area contributed by atoms with Crippen LogP contribution in [0.1, 0.15) is 12.2 Å². The Morgan fingerprint density at radius 3 is 3.14 bits per heavy atom. The van der Waals surface area contributed by atoms with E-state index in [-0.39, 0.29) is 0 Å². The van der Waals surface area contributed by atoms with Crippen LogP contribution < -0.4 is 10.6 Å². The van der Waals surface area contributed by atoms with E-state index in [2.05, 4.69) is 30.8 Å². The standard InChI is InChI=1S/C14H20N6O/c21-14(4-7-17-10-14)9-16-6-3-12-18-13(20-19-12)11-2-1-5-15-8-11/h1-2,5,8,16-17,21H,3-4,6-7,9-10H2,(H,18,19,20)/t14-/m0/s1. The Labute approximate surface area is 123 Å². The summed E-state index contributed by atoms with van der Waals surface area (Å²) in [5.41, 5.74) is 0.293. The maximum atomic E-state index is 10.2. The van der Waals surface area contributed by atoms with Crippen molar-refractivity contribution in [3.05, 3.63) is 30.4 Å². The number of hydrogen-bond acceptors (Lipinski definition) is 6. The average molecular weight is 288 g/mol. The highest BCUT2D eigenvalue weighted by Gasteiger charge is 2.30. The molecule has 7 heteroatoms. The molecular weight excluding hydrogens is 268 g/mol. The number of pyridine rings is 1. The van der Waals surface area contributed by atoms with E-state index in [9.17, 15) is 5.11 Å². The number of aliphatic hydroxyl groups is 1. The summed E-state index contributed by atoms with van der Waals surface area (Å²) in [6.45, 7) is 2.90. The number of nitrogens with one attached hydrogen (secondary N) is 3. The minimum absolute atomic E-state index is 0.601. The summed E-state index contributed by atoms with van der Waals surface area (Å²) in [6.07, 6.45) is 5.02. The second-order valence-corrected chi connectivity index (χ2v) is 5.43. The predicted octanol–water partition coefficient (Wildman–Crippen LogP) is -0.277. The van der Waals surface area contributed by atoms with E-state index in [0.717, 1.165) is 37.3 Å². The highest BCUT2D eigenvalue weighted by atomic mass is 16.3. The van der Waals surface area contributed by atoms with Gasteiger partial charge in [-0.25, -0.2) is 4.98 Å². The number of aromatic amines is 1. The lowest BCUT2D eigenvalue weighted by Gasteiger charge is -2.21. The summed E-state index contributed by atoms with van der Waals surface area (Å²) >= 11 is 0. The highest BCUT2D eigenvalue weighted by Crippen LogP contribution is 2.13. The van der Waals surface area contributed by atoms with Crippen LogP contribution in [0.15, 0.2) is 24.5 Å². The van der Waals surface area contributed by atoms with Gasteiger partial charge in [-0.15, -0.1) is 0 Å². The summed E-state index contributed by atoms with van der Waals surface area (Å²) < 4.78 is 0. The van der Waals surface area contributed by atoms with Crippen LogP contribution in [0.4, 0.5) is 0 Å². The predicted molar refractivity (Wildman–Crippen MR) is 78.6 cm³/mol. The molecule has 112 valence electrons. The fourth-order valence-corrected chi connectivity index (χ4v) is 2.44. The summed E-state index contributed by atoms with van der Waals surface area (Å²) in [6, 6.07) is 3.80. The van der Waals surface area contributed by atoms with E-state index in [1.807, 2.05) is 12.1 Å². The summed E-state index contributed by atoms with van der Waals surface area (Å²) in [7, 11) is 0. The van der Waals surface area contributed by atoms with E-state index >= 15 is 0 Å². The molecule has 21 heavy (non-hydrogen) atoms. The van der Waals surface area contributed by atoms with Gasteiger partial charge < -0.3 is 15.7 Å². The number of β-amino-alcohol motifs (C(OH)–C–C–N with tert-alkyl or cyclic N) is 1. The molecule has 0 amide bonds. The van der Waals surface area contributed by atoms with Gasteiger partial charge in [-0.05, 0) is 25.1 Å². The molecule has 0 aliphatic carbocycles. The molecule has 1 fully saturated rings. The summed E-state index contributed by atoms with van der Waals surface area (Å²) in [5.74, 6) is 1.50. The maximum absolute atomic E-state index is 10.2. The van der Waals surface area contributed by atoms with E-state index in [1.165, 1.54) is 0 Å². The van der Waals surface area contributed by atoms with Gasteiger partial charge in [0.05, 0.1) is 5.60 Å². The molecule has 3 heterocycles. The zero-order chi connectivity index (χ0) is 14.5. The van der Waals surface area contributed by atoms with Crippen LogP contribution >= 0.6 is 0 Å². The molecule has 0 saturated carbocycles. The first-order valence-electron chi connectivity index (χ1n) is 7.21. The van der Waals surface area contributed by atoms with Crippen molar-refractivity contribution in [2.45, 2.75) is 18.4 Å². The number of H-pyrrole nitrogens is 1. The van der Waals surface area contributed by atoms with Crippen molar-refractivity contribution in [3.8, 4) is 11.4 Å². The van der Waals surface area contributed by atoms with Crippen LogP contribution in [0.5, 0.6) is 0 Å². The van der Waals surface area contributed by atoms with Crippen LogP contribution in [0.2, 0.25) is 0 Å². The van der Waals surface area contributed by atoms with Crippen LogP contribution in [-0.4, -0.2) is 57.1 Å². The molecule has 0 aromatic carbocycles. The zero-order valence-corrected chi connectivity index (χ0v) is 11.8. The summed E-state index contributed by atoms with van der Waals surface area (Å²) in [4.78, 5) is 8.50. The number of aromatic nitrogens is 4. The normalized spacial score (nSPS) is 21.8. The lowest BCUT2D eigenvalue weighted by molar-refractivity contribution is 0.0614. The fraction of sp³-hybridized carbons (Fsp3) is 0.500. The van der Waals surface area contributed by atoms with Gasteiger partial charge in [0.2, 0.25) is 0 Å². The lowest BCUT2D eigenvalue weighted by atomic mass is 10.0. The van der Waals surface area contributed by atoms with Gasteiger partial charge in [0.25, 0.3) is 0 Å². The first kappa shape index (κ1) is 14.1. The van der Waals surface area contributed by atoms with Crippen molar-refractivity contribution in [2.75, 3.05) is 26.2 Å². The lowest BCUT2D eigenvalue weighted by Crippen LogP contribution is -2.42. The summed E-state index contributed by atoms with van der Waals surface area (Å²) in [5, 5.41) is 23.7. The first-order valence-corrected chi connectivity index (χ1v) is 7.21. The van der Waals surface area contributed by atoms with Crippen LogP contribution in [0.3, 0.4) is 0 Å². The van der Waals surface area contributed by atoms with Crippen molar-refractivity contribution in [3.63, 3.8) is 0 Å². The van der Waals surface area contributed by atoms with Gasteiger partial charge in [-0.2, -0.15) is 5.10 Å². The Hall–Kier alpha value is -1.83. The monoisotopic (exact) mass is 288 g/mol. The largest absolute Gasteiger partial charge is 0.387 e. The second-order valence-electron chi connectivity index (χ2n) is 5.43. The molecule has 0 radical (unpaired) electrons. The Morgan fingerprint density at radius 2 is 2.38 bits per heavy atom. The molecule has 2 aromatic heterocycles. The minimum Gasteiger partial charge on any atom is -0.387 e. The molecule has 1 aliphatic heterocycles. The topological polar surface area (TPSA) is 98.8 Å². The molecule has 2 aromatic rings. The van der Waals surface area contributed by atoms with Gasteiger partial charge in [0, 0.05) is 44.0 Å². The van der Waals surface area contributed by atoms with Crippen molar-refractivity contribution in [1.82, 2.24) is 30.8 Å². The Kier molecular flexibility index (Phi) is 4.23. The smallest absolute Gasteiger partial charge is 0.182 e. The molecule has 0 spiro atoms. The first-order chi connectivity index (χ1) is 10.3. The number of nitrogens with zero attached hydrogens (tertiary/aromatic N) is 3. The number of rotatable bonds is 6. The molecule has 3 rings (SSSR count). The van der Waals surface area contributed by atoms with Crippen molar-refractivity contribution in [1.29, 1.82) is 0 Å². The highest BCUT2D eigenvalue weighted by molar-refractivity contribution is 5.52. The van der Waals surface area contributed by atoms with Crippen LogP contribution in [0, 0.1) is 0 Å². The Balaban J connectivity index is 1.47. The van der Waals surface area contributed by atoms with E-state index in [4.69, 9.17) is 0 Å². The molecule has 0 bridgehead atoms. The Bertz CT molecular complexity index is 564. The van der Waals surface area contributed by atoms with Crippen molar-refractivity contribution >= 4 is 0 Å². The van der Waals surface area contributed by atoms with E-state index < -0.39 is 5.60 Å². The minimum atomic E-state index is -0.609. The quantitative estimate of drug-likeness (QED) is 0.546. The maximum Gasteiger partial charge on any atom is 0.182 e. The molecule has 7 nitrogen and oxygen atoms in total.